The molecule has 144 valence electrons. The quantitative estimate of drug-likeness (QED) is 0.776. The molecule has 2 saturated heterocycles. The smallest absolute Gasteiger partial charge is 0.236 e. The lowest BCUT2D eigenvalue weighted by Crippen LogP contribution is -2.52. The molecule has 2 aliphatic heterocycles. The Balaban J connectivity index is 1.47. The Kier molecular flexibility index (Phi) is 6.32. The van der Waals surface area contributed by atoms with E-state index in [2.05, 4.69) is 11.8 Å². The molecule has 0 radical (unpaired) electrons. The lowest BCUT2D eigenvalue weighted by Gasteiger charge is -2.36. The normalized spacial score (nSPS) is 21.0. The number of rotatable bonds is 5. The maximum absolute atomic E-state index is 12.6. The summed E-state index contributed by atoms with van der Waals surface area (Å²) in [5.41, 5.74) is 0.810. The van der Waals surface area contributed by atoms with E-state index in [0.717, 1.165) is 31.5 Å². The van der Waals surface area contributed by atoms with Gasteiger partial charge in [0.2, 0.25) is 15.9 Å². The zero-order valence-electron chi connectivity index (χ0n) is 15.5. The van der Waals surface area contributed by atoms with E-state index in [9.17, 15) is 13.2 Å². The van der Waals surface area contributed by atoms with E-state index in [0.29, 0.717) is 38.6 Å². The summed E-state index contributed by atoms with van der Waals surface area (Å²) in [5, 5.41) is 0. The van der Waals surface area contributed by atoms with Gasteiger partial charge in [-0.3, -0.25) is 9.69 Å². The molecule has 2 aliphatic rings. The summed E-state index contributed by atoms with van der Waals surface area (Å²) in [6.07, 6.45) is 2.16. The molecule has 0 aromatic heterocycles. The molecule has 0 N–H and O–H groups in total. The van der Waals surface area contributed by atoms with Crippen LogP contribution in [0.15, 0.2) is 30.3 Å². The molecule has 2 heterocycles. The molecule has 6 nitrogen and oxygen atoms in total. The number of sulfonamides is 1. The standard InChI is InChI=1S/C19H29N3O3S/c1-17-7-9-21(10-8-17)19(23)15-20-11-13-22(14-12-20)26(24,25)16-18-5-3-2-4-6-18/h2-6,17H,7-16H2,1H3. The Morgan fingerprint density at radius 1 is 1.00 bits per heavy atom. The number of likely N-dealkylation sites (tertiary alicyclic amines) is 1. The molecule has 0 unspecified atom stereocenters. The Bertz CT molecular complexity index is 692. The molecular weight excluding hydrogens is 350 g/mol. The van der Waals surface area contributed by atoms with Crippen molar-refractivity contribution in [2.75, 3.05) is 45.8 Å². The Morgan fingerprint density at radius 3 is 2.23 bits per heavy atom. The number of piperazine rings is 1. The molecule has 0 saturated carbocycles. The van der Waals surface area contributed by atoms with Gasteiger partial charge >= 0.3 is 0 Å². The number of nitrogens with zero attached hydrogens (tertiary/aromatic N) is 3. The second-order valence-electron chi connectivity index (χ2n) is 7.48. The van der Waals surface area contributed by atoms with Crippen molar-refractivity contribution >= 4 is 15.9 Å². The van der Waals surface area contributed by atoms with Crippen LogP contribution in [0.25, 0.3) is 0 Å². The third-order valence-corrected chi connectivity index (χ3v) is 7.26. The number of carbonyl (C=O) groups is 1. The van der Waals surface area contributed by atoms with Crippen molar-refractivity contribution in [2.45, 2.75) is 25.5 Å². The summed E-state index contributed by atoms with van der Waals surface area (Å²) < 4.78 is 26.7. The van der Waals surface area contributed by atoms with E-state index in [1.807, 2.05) is 35.2 Å². The predicted molar refractivity (Wildman–Crippen MR) is 102 cm³/mol. The van der Waals surface area contributed by atoms with Crippen LogP contribution >= 0.6 is 0 Å². The van der Waals surface area contributed by atoms with Crippen LogP contribution in [0.3, 0.4) is 0 Å². The molecule has 26 heavy (non-hydrogen) atoms. The second-order valence-corrected chi connectivity index (χ2v) is 9.45. The zero-order valence-corrected chi connectivity index (χ0v) is 16.3. The van der Waals surface area contributed by atoms with Gasteiger partial charge in [-0.25, -0.2) is 8.42 Å². The molecule has 2 fully saturated rings. The minimum absolute atomic E-state index is 0.0404. The largest absolute Gasteiger partial charge is 0.342 e. The van der Waals surface area contributed by atoms with Gasteiger partial charge in [-0.2, -0.15) is 4.31 Å². The third-order valence-electron chi connectivity index (χ3n) is 5.41. The minimum atomic E-state index is -3.30. The van der Waals surface area contributed by atoms with Gasteiger partial charge in [0.25, 0.3) is 0 Å². The minimum Gasteiger partial charge on any atom is -0.342 e. The molecule has 1 amide bonds. The molecule has 0 bridgehead atoms. The summed E-state index contributed by atoms with van der Waals surface area (Å²) in [4.78, 5) is 16.5. The van der Waals surface area contributed by atoms with Crippen molar-refractivity contribution in [1.29, 1.82) is 0 Å². The van der Waals surface area contributed by atoms with E-state index in [-0.39, 0.29) is 11.7 Å². The van der Waals surface area contributed by atoms with Gasteiger partial charge in [-0.05, 0) is 24.3 Å². The van der Waals surface area contributed by atoms with Gasteiger partial charge in [0.05, 0.1) is 12.3 Å². The van der Waals surface area contributed by atoms with E-state index >= 15 is 0 Å². The van der Waals surface area contributed by atoms with E-state index in [4.69, 9.17) is 0 Å². The zero-order chi connectivity index (χ0) is 18.6. The van der Waals surface area contributed by atoms with Gasteiger partial charge in [-0.15, -0.1) is 0 Å². The molecule has 1 aromatic rings. The van der Waals surface area contributed by atoms with Crippen LogP contribution in [-0.4, -0.2) is 74.2 Å². The van der Waals surface area contributed by atoms with Crippen molar-refractivity contribution in [2.24, 2.45) is 5.92 Å². The highest BCUT2D eigenvalue weighted by molar-refractivity contribution is 7.88. The molecule has 7 heteroatoms. The first-order valence-electron chi connectivity index (χ1n) is 9.46. The fourth-order valence-corrected chi connectivity index (χ4v) is 5.11. The Morgan fingerprint density at radius 2 is 1.62 bits per heavy atom. The predicted octanol–water partition coefficient (Wildman–Crippen LogP) is 1.39. The maximum Gasteiger partial charge on any atom is 0.236 e. The van der Waals surface area contributed by atoms with Crippen molar-refractivity contribution in [3.8, 4) is 0 Å². The van der Waals surface area contributed by atoms with Crippen LogP contribution < -0.4 is 0 Å². The van der Waals surface area contributed by atoms with Crippen molar-refractivity contribution in [1.82, 2.24) is 14.1 Å². The third kappa shape index (κ3) is 5.05. The summed E-state index contributed by atoms with van der Waals surface area (Å²) in [5.74, 6) is 0.925. The number of piperidine rings is 1. The van der Waals surface area contributed by atoms with Gasteiger partial charge in [-0.1, -0.05) is 37.3 Å². The van der Waals surface area contributed by atoms with E-state index in [1.165, 1.54) is 0 Å². The highest BCUT2D eigenvalue weighted by atomic mass is 32.2. The average molecular weight is 380 g/mol. The summed E-state index contributed by atoms with van der Waals surface area (Å²) >= 11 is 0. The topological polar surface area (TPSA) is 60.9 Å². The van der Waals surface area contributed by atoms with Gasteiger partial charge in [0, 0.05) is 39.3 Å². The Hall–Kier alpha value is -1.44. The molecule has 0 aliphatic carbocycles. The number of hydrogen-bond acceptors (Lipinski definition) is 4. The summed E-state index contributed by atoms with van der Waals surface area (Å²) in [6, 6.07) is 9.28. The van der Waals surface area contributed by atoms with Crippen molar-refractivity contribution in [3.05, 3.63) is 35.9 Å². The highest BCUT2D eigenvalue weighted by Crippen LogP contribution is 2.17. The van der Waals surface area contributed by atoms with Gasteiger partial charge < -0.3 is 4.90 Å². The van der Waals surface area contributed by atoms with E-state index in [1.54, 1.807) is 4.31 Å². The molecule has 0 spiro atoms. The fourth-order valence-electron chi connectivity index (χ4n) is 3.59. The Labute approximate surface area is 156 Å². The first kappa shape index (κ1) is 19.3. The fraction of sp³-hybridized carbons (Fsp3) is 0.632. The summed E-state index contributed by atoms with van der Waals surface area (Å²) in [7, 11) is -3.30. The lowest BCUT2D eigenvalue weighted by molar-refractivity contribution is -0.134. The number of hydrogen-bond donors (Lipinski definition) is 0. The van der Waals surface area contributed by atoms with Crippen LogP contribution in [0.2, 0.25) is 0 Å². The highest BCUT2D eigenvalue weighted by Gasteiger charge is 2.29. The van der Waals surface area contributed by atoms with Crippen molar-refractivity contribution < 1.29 is 13.2 Å². The van der Waals surface area contributed by atoms with Crippen LogP contribution in [0.5, 0.6) is 0 Å². The number of carbonyl (C=O) groups excluding carboxylic acids is 1. The first-order valence-corrected chi connectivity index (χ1v) is 11.1. The molecular formula is C19H29N3O3S. The molecule has 1 aromatic carbocycles. The van der Waals surface area contributed by atoms with Crippen LogP contribution in [0.4, 0.5) is 0 Å². The average Bonchev–Trinajstić information content (AvgIpc) is 2.63. The monoisotopic (exact) mass is 379 g/mol. The number of benzene rings is 1. The lowest BCUT2D eigenvalue weighted by atomic mass is 9.99. The first-order chi connectivity index (χ1) is 12.4. The van der Waals surface area contributed by atoms with Crippen LogP contribution in [0.1, 0.15) is 25.3 Å². The number of amides is 1. The van der Waals surface area contributed by atoms with Crippen molar-refractivity contribution in [3.63, 3.8) is 0 Å². The second kappa shape index (κ2) is 8.50. The maximum atomic E-state index is 12.6. The van der Waals surface area contributed by atoms with Gasteiger partial charge in [0.15, 0.2) is 0 Å². The van der Waals surface area contributed by atoms with E-state index < -0.39 is 10.0 Å². The van der Waals surface area contributed by atoms with Crippen LogP contribution in [0, 0.1) is 5.92 Å². The SMILES string of the molecule is CC1CCN(C(=O)CN2CCN(S(=O)(=O)Cc3ccccc3)CC2)CC1. The molecule has 3 rings (SSSR count). The van der Waals surface area contributed by atoms with Crippen LogP contribution in [-0.2, 0) is 20.6 Å². The molecule has 0 atom stereocenters. The summed E-state index contributed by atoms with van der Waals surface area (Å²) in [6.45, 7) is 6.49. The van der Waals surface area contributed by atoms with Gasteiger partial charge in [0.1, 0.15) is 0 Å².